The summed E-state index contributed by atoms with van der Waals surface area (Å²) in [6, 6.07) is 1.88. The molecule has 0 heterocycles. The topological polar surface area (TPSA) is 58.2 Å². The highest BCUT2D eigenvalue weighted by atomic mass is 19.4. The molecule has 0 bridgehead atoms. The molecule has 0 saturated heterocycles. The lowest BCUT2D eigenvalue weighted by Crippen LogP contribution is -2.50. The van der Waals surface area contributed by atoms with Gasteiger partial charge in [0, 0.05) is 19.5 Å². The van der Waals surface area contributed by atoms with E-state index in [1.54, 1.807) is 5.32 Å². The standard InChI is InChI=1S/C13H11F7N2O2/c1-6(23)21-8-3-4-10(22-7(2)24)9(5-8)11(14,15)12(16,17)13(18,19)20/h3-5H,1-2H3,(H,21,23)(H,22,24). The van der Waals surface area contributed by atoms with Crippen molar-refractivity contribution in [2.75, 3.05) is 10.6 Å². The van der Waals surface area contributed by atoms with Crippen LogP contribution in [0, 0.1) is 0 Å². The highest BCUT2D eigenvalue weighted by Crippen LogP contribution is 2.53. The number of rotatable bonds is 4. The second-order valence-electron chi connectivity index (χ2n) is 4.77. The zero-order valence-corrected chi connectivity index (χ0v) is 12.2. The van der Waals surface area contributed by atoms with Crippen LogP contribution >= 0.6 is 0 Å². The third-order valence-electron chi connectivity index (χ3n) is 2.74. The van der Waals surface area contributed by atoms with Crippen molar-refractivity contribution >= 4 is 23.2 Å². The highest BCUT2D eigenvalue weighted by Gasteiger charge is 2.74. The molecular formula is C13H11F7N2O2. The van der Waals surface area contributed by atoms with E-state index in [4.69, 9.17) is 0 Å². The van der Waals surface area contributed by atoms with Gasteiger partial charge in [0.15, 0.2) is 0 Å². The molecule has 0 radical (unpaired) electrons. The molecule has 0 aliphatic heterocycles. The van der Waals surface area contributed by atoms with Crippen molar-refractivity contribution in [3.63, 3.8) is 0 Å². The molecule has 4 nitrogen and oxygen atoms in total. The predicted molar refractivity (Wildman–Crippen MR) is 69.9 cm³/mol. The Morgan fingerprint density at radius 2 is 1.38 bits per heavy atom. The minimum absolute atomic E-state index is 0.242. The van der Waals surface area contributed by atoms with Gasteiger partial charge >= 0.3 is 18.0 Å². The van der Waals surface area contributed by atoms with Crippen molar-refractivity contribution in [2.45, 2.75) is 31.9 Å². The predicted octanol–water partition coefficient (Wildman–Crippen LogP) is 3.89. The molecule has 0 aliphatic rings. The molecule has 1 aromatic rings. The number of anilines is 2. The van der Waals surface area contributed by atoms with Crippen molar-refractivity contribution in [3.05, 3.63) is 23.8 Å². The van der Waals surface area contributed by atoms with Crippen molar-refractivity contribution < 1.29 is 40.3 Å². The number of benzene rings is 1. The van der Waals surface area contributed by atoms with Gasteiger partial charge in [0.05, 0.1) is 11.3 Å². The SMILES string of the molecule is CC(=O)Nc1ccc(NC(C)=O)c(C(F)(F)C(F)(F)C(F)(F)F)c1. The van der Waals surface area contributed by atoms with Crippen LogP contribution in [-0.2, 0) is 15.5 Å². The second-order valence-corrected chi connectivity index (χ2v) is 4.77. The summed E-state index contributed by atoms with van der Waals surface area (Å²) >= 11 is 0. The molecule has 0 atom stereocenters. The number of halogens is 7. The minimum Gasteiger partial charge on any atom is -0.326 e. The van der Waals surface area contributed by atoms with Crippen LogP contribution < -0.4 is 10.6 Å². The average molecular weight is 360 g/mol. The van der Waals surface area contributed by atoms with Gasteiger partial charge in [-0.25, -0.2) is 0 Å². The zero-order valence-electron chi connectivity index (χ0n) is 12.2. The van der Waals surface area contributed by atoms with Crippen LogP contribution in [0.1, 0.15) is 19.4 Å². The Morgan fingerprint density at radius 1 is 0.875 bits per heavy atom. The van der Waals surface area contributed by atoms with Crippen LogP contribution in [0.4, 0.5) is 42.1 Å². The average Bonchev–Trinajstić information content (AvgIpc) is 2.37. The first-order chi connectivity index (χ1) is 10.7. The van der Waals surface area contributed by atoms with Crippen LogP contribution in [0.5, 0.6) is 0 Å². The summed E-state index contributed by atoms with van der Waals surface area (Å²) in [5, 5.41) is 3.73. The normalized spacial score (nSPS) is 12.7. The molecule has 24 heavy (non-hydrogen) atoms. The van der Waals surface area contributed by atoms with E-state index in [-0.39, 0.29) is 6.07 Å². The number of hydrogen-bond acceptors (Lipinski definition) is 2. The minimum atomic E-state index is -6.53. The first kappa shape index (κ1) is 19.7. The Labute approximate surface area is 131 Å². The largest absolute Gasteiger partial charge is 0.460 e. The van der Waals surface area contributed by atoms with Gasteiger partial charge in [-0.1, -0.05) is 0 Å². The van der Waals surface area contributed by atoms with Crippen molar-refractivity contribution in [1.82, 2.24) is 0 Å². The molecule has 0 unspecified atom stereocenters. The third-order valence-corrected chi connectivity index (χ3v) is 2.74. The molecule has 2 amide bonds. The molecule has 11 heteroatoms. The van der Waals surface area contributed by atoms with E-state index in [1.807, 2.05) is 5.32 Å². The van der Waals surface area contributed by atoms with Crippen molar-refractivity contribution in [1.29, 1.82) is 0 Å². The number of nitrogens with one attached hydrogen (secondary N) is 2. The molecule has 1 rings (SSSR count). The van der Waals surface area contributed by atoms with Crippen molar-refractivity contribution in [3.8, 4) is 0 Å². The zero-order chi connectivity index (χ0) is 18.9. The Kier molecular flexibility index (Phi) is 5.16. The molecular weight excluding hydrogens is 349 g/mol. The lowest BCUT2D eigenvalue weighted by atomic mass is 9.98. The molecule has 0 aliphatic carbocycles. The van der Waals surface area contributed by atoms with E-state index >= 15 is 0 Å². The van der Waals surface area contributed by atoms with E-state index in [9.17, 15) is 40.3 Å². The van der Waals surface area contributed by atoms with Gasteiger partial charge in [-0.2, -0.15) is 30.7 Å². The third kappa shape index (κ3) is 3.77. The maximum absolute atomic E-state index is 13.9. The lowest BCUT2D eigenvalue weighted by Gasteiger charge is -2.30. The summed E-state index contributed by atoms with van der Waals surface area (Å²) in [4.78, 5) is 21.9. The Hall–Kier alpha value is -2.33. The van der Waals surface area contributed by atoms with E-state index < -0.39 is 46.8 Å². The summed E-state index contributed by atoms with van der Waals surface area (Å²) in [6.45, 7) is 1.83. The van der Waals surface area contributed by atoms with E-state index in [1.165, 1.54) is 0 Å². The molecule has 0 spiro atoms. The maximum Gasteiger partial charge on any atom is 0.460 e. The smallest absolute Gasteiger partial charge is 0.326 e. The van der Waals surface area contributed by atoms with E-state index in [2.05, 4.69) is 0 Å². The number of carbonyl (C=O) groups excluding carboxylic acids is 2. The van der Waals surface area contributed by atoms with E-state index in [0.29, 0.717) is 6.07 Å². The lowest BCUT2D eigenvalue weighted by molar-refractivity contribution is -0.359. The van der Waals surface area contributed by atoms with Crippen molar-refractivity contribution in [2.24, 2.45) is 0 Å². The van der Waals surface area contributed by atoms with Gasteiger partial charge in [-0.3, -0.25) is 9.59 Å². The Balaban J connectivity index is 3.56. The number of hydrogen-bond donors (Lipinski definition) is 2. The Morgan fingerprint density at radius 3 is 1.79 bits per heavy atom. The molecule has 2 N–H and O–H groups in total. The van der Waals surface area contributed by atoms with Crippen LogP contribution in [0.3, 0.4) is 0 Å². The van der Waals surface area contributed by atoms with Crippen LogP contribution in [0.15, 0.2) is 18.2 Å². The summed E-state index contributed by atoms with van der Waals surface area (Å²) in [7, 11) is 0. The quantitative estimate of drug-likeness (QED) is 0.801. The highest BCUT2D eigenvalue weighted by molar-refractivity contribution is 5.92. The van der Waals surface area contributed by atoms with Gasteiger partial charge in [0.25, 0.3) is 0 Å². The summed E-state index contributed by atoms with van der Waals surface area (Å²) in [6.07, 6.45) is -6.53. The number of amides is 2. The second kappa shape index (κ2) is 6.29. The number of alkyl halides is 7. The van der Waals surface area contributed by atoms with Gasteiger partial charge in [-0.05, 0) is 18.2 Å². The monoisotopic (exact) mass is 360 g/mol. The molecule has 0 fully saturated rings. The fourth-order valence-electron chi connectivity index (χ4n) is 1.73. The first-order valence-corrected chi connectivity index (χ1v) is 6.22. The molecule has 0 aromatic heterocycles. The van der Waals surface area contributed by atoms with Gasteiger partial charge in [-0.15, -0.1) is 0 Å². The van der Waals surface area contributed by atoms with Gasteiger partial charge < -0.3 is 10.6 Å². The number of carbonyl (C=O) groups is 2. The fraction of sp³-hybridized carbons (Fsp3) is 0.385. The molecule has 134 valence electrons. The van der Waals surface area contributed by atoms with E-state index in [0.717, 1.165) is 19.9 Å². The van der Waals surface area contributed by atoms with Gasteiger partial charge in [0.2, 0.25) is 11.8 Å². The molecule has 0 saturated carbocycles. The summed E-state index contributed by atoms with van der Waals surface area (Å²) in [5.41, 5.74) is -3.17. The van der Waals surface area contributed by atoms with Gasteiger partial charge in [0.1, 0.15) is 0 Å². The van der Waals surface area contributed by atoms with Crippen LogP contribution in [-0.4, -0.2) is 23.9 Å². The molecule has 1 aromatic carbocycles. The summed E-state index contributed by atoms with van der Waals surface area (Å²) in [5.74, 6) is -13.8. The van der Waals surface area contributed by atoms with Crippen LogP contribution in [0.25, 0.3) is 0 Å². The Bertz CT molecular complexity index is 656. The maximum atomic E-state index is 13.9. The first-order valence-electron chi connectivity index (χ1n) is 6.22. The fourth-order valence-corrected chi connectivity index (χ4v) is 1.73. The summed E-state index contributed by atoms with van der Waals surface area (Å²) < 4.78 is 91.3. The van der Waals surface area contributed by atoms with Crippen LogP contribution in [0.2, 0.25) is 0 Å².